The Balaban J connectivity index is 1.37. The average molecular weight is 551 g/mol. The minimum atomic E-state index is 0.559. The summed E-state index contributed by atoms with van der Waals surface area (Å²) < 4.78 is 6.12. The average Bonchev–Trinajstić information content (AvgIpc) is 3.46. The van der Waals surface area contributed by atoms with Crippen molar-refractivity contribution in [2.24, 2.45) is 0 Å². The number of benzene rings is 6. The lowest BCUT2D eigenvalue weighted by atomic mass is 9.96. The van der Waals surface area contributed by atoms with E-state index in [4.69, 9.17) is 19.4 Å². The lowest BCUT2D eigenvalue weighted by molar-refractivity contribution is 0.654. The lowest BCUT2D eigenvalue weighted by Gasteiger charge is -2.13. The molecule has 5 nitrogen and oxygen atoms in total. The monoisotopic (exact) mass is 550 g/mol. The molecule has 0 bridgehead atoms. The van der Waals surface area contributed by atoms with Crippen LogP contribution < -0.4 is 0 Å². The fourth-order valence-corrected chi connectivity index (χ4v) is 6.15. The molecule has 0 unspecified atom stereocenters. The van der Waals surface area contributed by atoms with Crippen molar-refractivity contribution in [3.63, 3.8) is 0 Å². The first-order valence-electron chi connectivity index (χ1n) is 14.2. The fourth-order valence-electron chi connectivity index (χ4n) is 6.15. The van der Waals surface area contributed by atoms with Crippen molar-refractivity contribution in [3.05, 3.63) is 134 Å². The zero-order valence-electron chi connectivity index (χ0n) is 22.9. The van der Waals surface area contributed by atoms with Crippen LogP contribution in [-0.2, 0) is 0 Å². The molecule has 0 amide bonds. The van der Waals surface area contributed by atoms with E-state index in [1.54, 1.807) is 6.20 Å². The number of furan rings is 1. The number of nitrogens with zero attached hydrogens (tertiary/aromatic N) is 4. The molecule has 0 N–H and O–H groups in total. The molecule has 0 aliphatic rings. The van der Waals surface area contributed by atoms with E-state index >= 15 is 0 Å². The molecule has 9 rings (SSSR count). The van der Waals surface area contributed by atoms with E-state index in [-0.39, 0.29) is 0 Å². The molecule has 0 fully saturated rings. The summed E-state index contributed by atoms with van der Waals surface area (Å²) in [6.45, 7) is 0. The first kappa shape index (κ1) is 23.7. The highest BCUT2D eigenvalue weighted by Crippen LogP contribution is 2.38. The van der Waals surface area contributed by atoms with E-state index < -0.39 is 0 Å². The van der Waals surface area contributed by atoms with E-state index in [2.05, 4.69) is 108 Å². The molecule has 3 heterocycles. The molecule has 5 heteroatoms. The minimum Gasteiger partial charge on any atom is -0.438 e. The Morgan fingerprint density at radius 2 is 1.09 bits per heavy atom. The summed E-state index contributed by atoms with van der Waals surface area (Å²) in [6.07, 6.45) is 1.75. The van der Waals surface area contributed by atoms with Crippen molar-refractivity contribution in [1.29, 1.82) is 0 Å². The highest BCUT2D eigenvalue weighted by Gasteiger charge is 2.19. The van der Waals surface area contributed by atoms with Crippen LogP contribution in [-0.4, -0.2) is 19.9 Å². The van der Waals surface area contributed by atoms with Gasteiger partial charge in [-0.25, -0.2) is 19.9 Å². The van der Waals surface area contributed by atoms with Gasteiger partial charge in [0.1, 0.15) is 5.58 Å². The van der Waals surface area contributed by atoms with Gasteiger partial charge in [-0.1, -0.05) is 103 Å². The highest BCUT2D eigenvalue weighted by atomic mass is 16.3. The van der Waals surface area contributed by atoms with Crippen LogP contribution in [0.5, 0.6) is 0 Å². The largest absolute Gasteiger partial charge is 0.438 e. The predicted molar refractivity (Wildman–Crippen MR) is 174 cm³/mol. The third kappa shape index (κ3) is 3.79. The molecule has 9 aromatic rings. The van der Waals surface area contributed by atoms with E-state index in [0.29, 0.717) is 23.2 Å². The number of para-hydroxylation sites is 1. The third-order valence-corrected chi connectivity index (χ3v) is 8.17. The minimum absolute atomic E-state index is 0.559. The molecule has 0 radical (unpaired) electrons. The summed E-state index contributed by atoms with van der Waals surface area (Å²) in [5.74, 6) is 1.80. The van der Waals surface area contributed by atoms with Gasteiger partial charge in [0.15, 0.2) is 17.5 Å². The van der Waals surface area contributed by atoms with Crippen molar-refractivity contribution in [1.82, 2.24) is 19.9 Å². The maximum absolute atomic E-state index is 6.12. The van der Waals surface area contributed by atoms with Gasteiger partial charge in [0.05, 0.1) is 5.39 Å². The van der Waals surface area contributed by atoms with Crippen LogP contribution in [0.1, 0.15) is 0 Å². The van der Waals surface area contributed by atoms with Crippen LogP contribution in [0.15, 0.2) is 138 Å². The van der Waals surface area contributed by atoms with Gasteiger partial charge in [0.2, 0.25) is 5.71 Å². The topological polar surface area (TPSA) is 64.7 Å². The van der Waals surface area contributed by atoms with Crippen molar-refractivity contribution in [3.8, 4) is 34.2 Å². The summed E-state index contributed by atoms with van der Waals surface area (Å²) in [5, 5.41) is 8.76. The molecular weight excluding hydrogens is 528 g/mol. The third-order valence-electron chi connectivity index (χ3n) is 8.17. The molecule has 0 spiro atoms. The maximum Gasteiger partial charge on any atom is 0.228 e. The Bertz CT molecular complexity index is 2530. The summed E-state index contributed by atoms with van der Waals surface area (Å²) in [5.41, 5.74) is 4.08. The van der Waals surface area contributed by atoms with Crippen molar-refractivity contribution >= 4 is 54.4 Å². The molecule has 0 aliphatic heterocycles. The van der Waals surface area contributed by atoms with Gasteiger partial charge in [-0.05, 0) is 56.6 Å². The smallest absolute Gasteiger partial charge is 0.228 e. The summed E-state index contributed by atoms with van der Waals surface area (Å²) >= 11 is 0. The molecular formula is C38H22N4O. The van der Waals surface area contributed by atoms with Crippen molar-refractivity contribution in [2.75, 3.05) is 0 Å². The van der Waals surface area contributed by atoms with Gasteiger partial charge in [0, 0.05) is 28.3 Å². The molecule has 6 aromatic carbocycles. The van der Waals surface area contributed by atoms with Gasteiger partial charge in [-0.15, -0.1) is 0 Å². The lowest BCUT2D eigenvalue weighted by Crippen LogP contribution is -2.01. The summed E-state index contributed by atoms with van der Waals surface area (Å²) in [7, 11) is 0. The summed E-state index contributed by atoms with van der Waals surface area (Å²) in [4.78, 5) is 19.9. The number of hydrogen-bond acceptors (Lipinski definition) is 5. The van der Waals surface area contributed by atoms with Gasteiger partial charge in [0.25, 0.3) is 0 Å². The zero-order valence-corrected chi connectivity index (χ0v) is 22.9. The molecule has 200 valence electrons. The molecule has 0 aliphatic carbocycles. The van der Waals surface area contributed by atoms with E-state index in [1.807, 2.05) is 24.3 Å². The Labute approximate surface area is 246 Å². The van der Waals surface area contributed by atoms with Gasteiger partial charge in [-0.3, -0.25) is 0 Å². The van der Waals surface area contributed by atoms with E-state index in [0.717, 1.165) is 54.6 Å². The summed E-state index contributed by atoms with van der Waals surface area (Å²) in [6, 6.07) is 43.7. The number of hydrogen-bond donors (Lipinski definition) is 0. The Hall–Kier alpha value is -5.94. The molecule has 3 aromatic heterocycles. The molecule has 0 saturated carbocycles. The first-order chi connectivity index (χ1) is 21.3. The van der Waals surface area contributed by atoms with Gasteiger partial charge >= 0.3 is 0 Å². The van der Waals surface area contributed by atoms with E-state index in [1.165, 1.54) is 10.8 Å². The number of rotatable bonds is 3. The second-order valence-corrected chi connectivity index (χ2v) is 10.7. The Morgan fingerprint density at radius 1 is 0.442 bits per heavy atom. The normalized spacial score (nSPS) is 11.7. The van der Waals surface area contributed by atoms with Crippen LogP contribution in [0.3, 0.4) is 0 Å². The number of fused-ring (bicyclic) bond motifs is 7. The van der Waals surface area contributed by atoms with E-state index in [9.17, 15) is 0 Å². The van der Waals surface area contributed by atoms with Crippen LogP contribution in [0.4, 0.5) is 0 Å². The second kappa shape index (κ2) is 9.29. The first-order valence-corrected chi connectivity index (χ1v) is 14.2. The fraction of sp³-hybridized carbons (Fsp3) is 0. The number of aromatic nitrogens is 4. The molecule has 0 saturated heterocycles. The predicted octanol–water partition coefficient (Wildman–Crippen LogP) is 9.63. The highest BCUT2D eigenvalue weighted by molar-refractivity contribution is 6.14. The second-order valence-electron chi connectivity index (χ2n) is 10.7. The number of pyridine rings is 1. The molecule has 43 heavy (non-hydrogen) atoms. The SMILES string of the molecule is c1ccc2cc(-c3nc(-c4cc5ccccc5c5ccccc45)nc(-c4ccnc5oc6ccccc6c45)n3)ccc2c1. The quantitative estimate of drug-likeness (QED) is 0.205. The Morgan fingerprint density at radius 3 is 1.95 bits per heavy atom. The Kier molecular flexibility index (Phi) is 5.13. The van der Waals surface area contributed by atoms with Crippen LogP contribution in [0.25, 0.3) is 88.5 Å². The van der Waals surface area contributed by atoms with Crippen LogP contribution >= 0.6 is 0 Å². The van der Waals surface area contributed by atoms with Crippen LogP contribution in [0, 0.1) is 0 Å². The van der Waals surface area contributed by atoms with Crippen LogP contribution in [0.2, 0.25) is 0 Å². The maximum atomic E-state index is 6.12. The standard InChI is InChI=1S/C38H22N4O/c1-2-10-24-21-26(18-17-23(24)9-1)35-40-36(31-19-20-39-38-34(31)30-15-7-8-16-33(30)43-38)42-37(41-35)32-22-25-11-3-4-12-27(25)28-13-5-6-14-29(28)32/h1-22H. The van der Waals surface area contributed by atoms with Gasteiger partial charge in [-0.2, -0.15) is 0 Å². The van der Waals surface area contributed by atoms with Crippen molar-refractivity contribution in [2.45, 2.75) is 0 Å². The molecule has 0 atom stereocenters. The van der Waals surface area contributed by atoms with Crippen molar-refractivity contribution < 1.29 is 4.42 Å². The zero-order chi connectivity index (χ0) is 28.3. The van der Waals surface area contributed by atoms with Gasteiger partial charge < -0.3 is 4.42 Å².